The van der Waals surface area contributed by atoms with Crippen molar-refractivity contribution in [2.24, 2.45) is 7.05 Å². The summed E-state index contributed by atoms with van der Waals surface area (Å²) in [4.78, 5) is 16.1. The summed E-state index contributed by atoms with van der Waals surface area (Å²) < 4.78 is 23.8. The number of halogens is 1. The van der Waals surface area contributed by atoms with Gasteiger partial charge in [-0.1, -0.05) is 11.6 Å². The standard InChI is InChI=1S/C12H19ClN4O3S/c1-15-9-10(13)11(14-15)12(18)17-5-3-16(4-6-17)7-8-21(2,19)20/h9H,3-8H2,1-2H3. The SMILES string of the molecule is Cn1cc(Cl)c(C(=O)N2CCN(CCS(C)(=O)=O)CC2)n1. The van der Waals surface area contributed by atoms with Crippen molar-refractivity contribution in [2.75, 3.05) is 44.7 Å². The maximum atomic E-state index is 12.3. The highest BCUT2D eigenvalue weighted by molar-refractivity contribution is 7.90. The van der Waals surface area contributed by atoms with Crippen molar-refractivity contribution >= 4 is 27.3 Å². The molecule has 1 amide bonds. The van der Waals surface area contributed by atoms with Gasteiger partial charge >= 0.3 is 0 Å². The molecule has 0 bridgehead atoms. The summed E-state index contributed by atoms with van der Waals surface area (Å²) in [6.07, 6.45) is 2.83. The van der Waals surface area contributed by atoms with Gasteiger partial charge in [0, 0.05) is 52.2 Å². The van der Waals surface area contributed by atoms with Crippen LogP contribution >= 0.6 is 11.6 Å². The Morgan fingerprint density at radius 3 is 2.43 bits per heavy atom. The number of piperazine rings is 1. The first kappa shape index (κ1) is 16.3. The van der Waals surface area contributed by atoms with Gasteiger partial charge in [0.05, 0.1) is 10.8 Å². The van der Waals surface area contributed by atoms with E-state index >= 15 is 0 Å². The summed E-state index contributed by atoms with van der Waals surface area (Å²) >= 11 is 5.98. The second kappa shape index (κ2) is 6.33. The average molecular weight is 335 g/mol. The number of sulfone groups is 1. The van der Waals surface area contributed by atoms with Gasteiger partial charge in [-0.05, 0) is 0 Å². The van der Waals surface area contributed by atoms with Crippen molar-refractivity contribution in [3.63, 3.8) is 0 Å². The molecule has 118 valence electrons. The van der Waals surface area contributed by atoms with Gasteiger partial charge in [-0.3, -0.25) is 14.4 Å². The van der Waals surface area contributed by atoms with Crippen LogP contribution in [-0.4, -0.2) is 78.6 Å². The predicted molar refractivity (Wildman–Crippen MR) is 80.3 cm³/mol. The van der Waals surface area contributed by atoms with Crippen molar-refractivity contribution in [1.82, 2.24) is 19.6 Å². The quantitative estimate of drug-likeness (QED) is 0.767. The van der Waals surface area contributed by atoms with Gasteiger partial charge in [-0.15, -0.1) is 0 Å². The van der Waals surface area contributed by atoms with Crippen LogP contribution in [0.2, 0.25) is 5.02 Å². The minimum Gasteiger partial charge on any atom is -0.335 e. The zero-order valence-electron chi connectivity index (χ0n) is 12.1. The van der Waals surface area contributed by atoms with Gasteiger partial charge in [0.2, 0.25) is 0 Å². The summed E-state index contributed by atoms with van der Waals surface area (Å²) in [5, 5.41) is 4.42. The van der Waals surface area contributed by atoms with E-state index in [2.05, 4.69) is 5.10 Å². The maximum Gasteiger partial charge on any atom is 0.276 e. The molecule has 0 spiro atoms. The zero-order chi connectivity index (χ0) is 15.6. The number of amides is 1. The molecule has 0 saturated carbocycles. The number of aryl methyl sites for hydroxylation is 1. The molecule has 21 heavy (non-hydrogen) atoms. The molecule has 0 aliphatic carbocycles. The Morgan fingerprint density at radius 1 is 1.33 bits per heavy atom. The molecule has 1 fully saturated rings. The van der Waals surface area contributed by atoms with Crippen molar-refractivity contribution in [3.8, 4) is 0 Å². The lowest BCUT2D eigenvalue weighted by Crippen LogP contribution is -2.49. The van der Waals surface area contributed by atoms with Crippen molar-refractivity contribution in [2.45, 2.75) is 0 Å². The van der Waals surface area contributed by atoms with Crippen LogP contribution in [0.3, 0.4) is 0 Å². The molecule has 2 rings (SSSR count). The fourth-order valence-electron chi connectivity index (χ4n) is 2.22. The molecule has 0 aromatic carbocycles. The summed E-state index contributed by atoms with van der Waals surface area (Å²) in [5.41, 5.74) is 0.267. The number of hydrogen-bond donors (Lipinski definition) is 0. The first-order valence-corrected chi connectivity index (χ1v) is 9.08. The van der Waals surface area contributed by atoms with Gasteiger partial charge in [-0.25, -0.2) is 8.42 Å². The third kappa shape index (κ3) is 4.42. The molecule has 1 aromatic heterocycles. The molecule has 0 radical (unpaired) electrons. The Balaban J connectivity index is 1.89. The van der Waals surface area contributed by atoms with E-state index in [9.17, 15) is 13.2 Å². The Bertz CT molecular complexity index is 620. The van der Waals surface area contributed by atoms with E-state index in [1.54, 1.807) is 18.1 Å². The number of hydrogen-bond acceptors (Lipinski definition) is 5. The monoisotopic (exact) mass is 334 g/mol. The Hall–Kier alpha value is -1.12. The second-order valence-corrected chi connectivity index (χ2v) is 7.93. The molecule has 2 heterocycles. The fraction of sp³-hybridized carbons (Fsp3) is 0.667. The lowest BCUT2D eigenvalue weighted by molar-refractivity contribution is 0.0637. The number of carbonyl (C=O) groups excluding carboxylic acids is 1. The zero-order valence-corrected chi connectivity index (χ0v) is 13.7. The molecule has 0 atom stereocenters. The molecule has 1 saturated heterocycles. The van der Waals surface area contributed by atoms with E-state index in [0.29, 0.717) is 37.7 Å². The average Bonchev–Trinajstić information content (AvgIpc) is 2.74. The normalized spacial score (nSPS) is 17.2. The molecule has 1 aliphatic rings. The molecule has 1 aromatic rings. The van der Waals surface area contributed by atoms with Gasteiger partial charge in [0.25, 0.3) is 5.91 Å². The molecule has 0 N–H and O–H groups in total. The number of rotatable bonds is 4. The van der Waals surface area contributed by atoms with Crippen molar-refractivity contribution < 1.29 is 13.2 Å². The molecular formula is C12H19ClN4O3S. The van der Waals surface area contributed by atoms with Crippen LogP contribution in [0, 0.1) is 0 Å². The van der Waals surface area contributed by atoms with Crippen LogP contribution in [0.1, 0.15) is 10.5 Å². The predicted octanol–water partition coefficient (Wildman–Crippen LogP) is -0.124. The maximum absolute atomic E-state index is 12.3. The van der Waals surface area contributed by atoms with Crippen LogP contribution in [0.4, 0.5) is 0 Å². The van der Waals surface area contributed by atoms with Crippen LogP contribution in [0.25, 0.3) is 0 Å². The summed E-state index contributed by atoms with van der Waals surface area (Å²) in [5.74, 6) is -0.0316. The number of nitrogens with zero attached hydrogens (tertiary/aromatic N) is 4. The van der Waals surface area contributed by atoms with Crippen LogP contribution in [0.5, 0.6) is 0 Å². The highest BCUT2D eigenvalue weighted by atomic mass is 35.5. The summed E-state index contributed by atoms with van der Waals surface area (Å²) in [7, 11) is -1.24. The van der Waals surface area contributed by atoms with Crippen molar-refractivity contribution in [3.05, 3.63) is 16.9 Å². The van der Waals surface area contributed by atoms with E-state index in [1.807, 2.05) is 4.90 Å². The Morgan fingerprint density at radius 2 is 1.95 bits per heavy atom. The van der Waals surface area contributed by atoms with E-state index in [0.717, 1.165) is 0 Å². The van der Waals surface area contributed by atoms with E-state index < -0.39 is 9.84 Å². The van der Waals surface area contributed by atoms with Crippen LogP contribution < -0.4 is 0 Å². The number of carbonyl (C=O) groups is 1. The Kier molecular flexibility index (Phi) is 4.90. The topological polar surface area (TPSA) is 75.5 Å². The van der Waals surface area contributed by atoms with Gasteiger partial charge in [0.15, 0.2) is 5.69 Å². The molecule has 9 heteroatoms. The third-order valence-electron chi connectivity index (χ3n) is 3.42. The van der Waals surface area contributed by atoms with Crippen LogP contribution in [-0.2, 0) is 16.9 Å². The minimum absolute atomic E-state index is 0.146. The lowest BCUT2D eigenvalue weighted by atomic mass is 10.3. The number of aromatic nitrogens is 2. The first-order valence-electron chi connectivity index (χ1n) is 6.65. The van der Waals surface area contributed by atoms with Gasteiger partial charge in [0.1, 0.15) is 9.84 Å². The van der Waals surface area contributed by atoms with Gasteiger partial charge < -0.3 is 4.90 Å². The minimum atomic E-state index is -2.95. The molecule has 7 nitrogen and oxygen atoms in total. The van der Waals surface area contributed by atoms with Gasteiger partial charge in [-0.2, -0.15) is 5.10 Å². The van der Waals surface area contributed by atoms with E-state index in [1.165, 1.54) is 10.9 Å². The lowest BCUT2D eigenvalue weighted by Gasteiger charge is -2.34. The second-order valence-electron chi connectivity index (χ2n) is 5.26. The fourth-order valence-corrected chi connectivity index (χ4v) is 3.07. The summed E-state index contributed by atoms with van der Waals surface area (Å²) in [6.45, 7) is 2.92. The van der Waals surface area contributed by atoms with Crippen LogP contribution in [0.15, 0.2) is 6.20 Å². The summed E-state index contributed by atoms with van der Waals surface area (Å²) in [6, 6.07) is 0. The Labute approximate surface area is 129 Å². The molecule has 1 aliphatic heterocycles. The smallest absolute Gasteiger partial charge is 0.276 e. The highest BCUT2D eigenvalue weighted by Gasteiger charge is 2.25. The third-order valence-corrected chi connectivity index (χ3v) is 4.63. The highest BCUT2D eigenvalue weighted by Crippen LogP contribution is 2.16. The molecule has 0 unspecified atom stereocenters. The van der Waals surface area contributed by atoms with E-state index in [4.69, 9.17) is 11.6 Å². The van der Waals surface area contributed by atoms with E-state index in [-0.39, 0.29) is 17.4 Å². The molecular weight excluding hydrogens is 316 g/mol. The first-order chi connectivity index (χ1) is 9.76. The largest absolute Gasteiger partial charge is 0.335 e. The van der Waals surface area contributed by atoms with Crippen molar-refractivity contribution in [1.29, 1.82) is 0 Å².